The molecule has 0 aliphatic carbocycles. The number of hydrogen-bond acceptors (Lipinski definition) is 10. The third kappa shape index (κ3) is 5.62. The Kier molecular flexibility index (Phi) is 7.70. The fraction of sp³-hybridized carbons (Fsp3) is 0.400. The number of nitrogens with one attached hydrogen (secondary N) is 1. The van der Waals surface area contributed by atoms with Crippen LogP contribution in [0.1, 0.15) is 23.5 Å². The molecule has 1 atom stereocenters. The maximum absolute atomic E-state index is 15.1. The van der Waals surface area contributed by atoms with Gasteiger partial charge in [-0.05, 0) is 24.6 Å². The van der Waals surface area contributed by atoms with E-state index in [0.717, 1.165) is 0 Å². The van der Waals surface area contributed by atoms with Crippen LogP contribution in [-0.2, 0) is 19.1 Å². The van der Waals surface area contributed by atoms with Crippen molar-refractivity contribution < 1.29 is 33.0 Å². The van der Waals surface area contributed by atoms with Gasteiger partial charge < -0.3 is 24.6 Å². The Balaban J connectivity index is 1.12. The Morgan fingerprint density at radius 1 is 1.18 bits per heavy atom. The predicted octanol–water partition coefficient (Wildman–Crippen LogP) is 0.620. The third-order valence-electron chi connectivity index (χ3n) is 6.81. The van der Waals surface area contributed by atoms with Crippen LogP contribution in [0, 0.1) is 5.82 Å². The van der Waals surface area contributed by atoms with Crippen molar-refractivity contribution in [1.29, 1.82) is 0 Å². The highest BCUT2D eigenvalue weighted by molar-refractivity contribution is 5.94. The van der Waals surface area contributed by atoms with Crippen LogP contribution in [0.25, 0.3) is 5.65 Å². The average Bonchev–Trinajstić information content (AvgIpc) is 3.58. The Bertz CT molecular complexity index is 1440. The van der Waals surface area contributed by atoms with Crippen LogP contribution in [-0.4, -0.2) is 101 Å². The standard InChI is InChI=1S/C25H27FN8O6/c1-39-22(36)5-3-17-15-34(25(38)40-17)16-2-4-19(18(26)12-16)31-8-10-32(11-9-31)21(35)14-28-24(37)23-30-29-20-13-27-6-7-33(20)23/h2,4,6-7,12-13,17H,3,5,8-11,14-15H2,1H3,(H,28,37)/t17-/m0/s1. The van der Waals surface area contributed by atoms with Gasteiger partial charge >= 0.3 is 12.1 Å². The zero-order valence-corrected chi connectivity index (χ0v) is 21.7. The molecule has 3 aromatic rings. The highest BCUT2D eigenvalue weighted by Gasteiger charge is 2.33. The van der Waals surface area contributed by atoms with Gasteiger partial charge in [0.25, 0.3) is 5.91 Å². The third-order valence-corrected chi connectivity index (χ3v) is 6.81. The number of benzene rings is 1. The summed E-state index contributed by atoms with van der Waals surface area (Å²) in [5.41, 5.74) is 1.12. The lowest BCUT2D eigenvalue weighted by molar-refractivity contribution is -0.141. The van der Waals surface area contributed by atoms with Crippen molar-refractivity contribution in [3.63, 3.8) is 0 Å². The number of methoxy groups -OCH3 is 1. The first-order chi connectivity index (χ1) is 19.3. The molecule has 2 fully saturated rings. The normalized spacial score (nSPS) is 17.2. The summed E-state index contributed by atoms with van der Waals surface area (Å²) >= 11 is 0. The van der Waals surface area contributed by atoms with Gasteiger partial charge in [-0.3, -0.25) is 28.7 Å². The Morgan fingerprint density at radius 2 is 1.98 bits per heavy atom. The maximum atomic E-state index is 15.1. The molecular weight excluding hydrogens is 527 g/mol. The number of fused-ring (bicyclic) bond motifs is 1. The Morgan fingerprint density at radius 3 is 2.73 bits per heavy atom. The van der Waals surface area contributed by atoms with Crippen LogP contribution in [0.4, 0.5) is 20.6 Å². The highest BCUT2D eigenvalue weighted by Crippen LogP contribution is 2.29. The number of hydrogen-bond donors (Lipinski definition) is 1. The quantitative estimate of drug-likeness (QED) is 0.392. The summed E-state index contributed by atoms with van der Waals surface area (Å²) in [6.07, 6.45) is 3.87. The van der Waals surface area contributed by atoms with E-state index in [-0.39, 0.29) is 31.2 Å². The first kappa shape index (κ1) is 26.8. The number of ether oxygens (including phenoxy) is 2. The fourth-order valence-corrected chi connectivity index (χ4v) is 4.64. The lowest BCUT2D eigenvalue weighted by Gasteiger charge is -2.36. The second kappa shape index (κ2) is 11.5. The minimum Gasteiger partial charge on any atom is -0.469 e. The Hall–Kier alpha value is -4.82. The molecule has 0 bridgehead atoms. The van der Waals surface area contributed by atoms with E-state index in [2.05, 4.69) is 25.2 Å². The number of cyclic esters (lactones) is 1. The number of aromatic nitrogens is 4. The zero-order valence-electron chi connectivity index (χ0n) is 21.7. The van der Waals surface area contributed by atoms with Crippen molar-refractivity contribution in [2.24, 2.45) is 0 Å². The largest absolute Gasteiger partial charge is 0.469 e. The van der Waals surface area contributed by atoms with Crippen molar-refractivity contribution in [3.8, 4) is 0 Å². The second-order valence-corrected chi connectivity index (χ2v) is 9.25. The topological polar surface area (TPSA) is 152 Å². The van der Waals surface area contributed by atoms with Gasteiger partial charge in [0.1, 0.15) is 11.9 Å². The summed E-state index contributed by atoms with van der Waals surface area (Å²) in [6, 6.07) is 4.51. The molecule has 2 saturated heterocycles. The number of piperazine rings is 1. The first-order valence-corrected chi connectivity index (χ1v) is 12.6. The number of nitrogens with zero attached hydrogens (tertiary/aromatic N) is 7. The summed E-state index contributed by atoms with van der Waals surface area (Å²) in [6.45, 7) is 1.45. The van der Waals surface area contributed by atoms with Crippen LogP contribution in [0.5, 0.6) is 0 Å². The molecule has 0 saturated carbocycles. The molecule has 2 aliphatic heterocycles. The molecule has 15 heteroatoms. The first-order valence-electron chi connectivity index (χ1n) is 12.6. The molecular formula is C25H27FN8O6. The molecule has 5 rings (SSSR count). The molecule has 4 heterocycles. The van der Waals surface area contributed by atoms with Crippen molar-refractivity contribution in [2.75, 3.05) is 56.2 Å². The SMILES string of the molecule is COC(=O)CC[C@H]1CN(c2ccc(N3CCN(C(=O)CNC(=O)c4nnc5cnccn45)CC3)c(F)c2)C(=O)O1. The van der Waals surface area contributed by atoms with Crippen molar-refractivity contribution in [1.82, 2.24) is 29.8 Å². The minimum atomic E-state index is -0.601. The molecule has 0 unspecified atom stereocenters. The molecule has 210 valence electrons. The second-order valence-electron chi connectivity index (χ2n) is 9.25. The number of rotatable bonds is 8. The van der Waals surface area contributed by atoms with E-state index in [1.165, 1.54) is 34.9 Å². The number of anilines is 2. The zero-order chi connectivity index (χ0) is 28.2. The molecule has 0 spiro atoms. The number of amides is 3. The van der Waals surface area contributed by atoms with Gasteiger partial charge in [-0.2, -0.15) is 0 Å². The van der Waals surface area contributed by atoms with E-state index in [1.54, 1.807) is 23.2 Å². The lowest BCUT2D eigenvalue weighted by atomic mass is 10.1. The number of carbonyl (C=O) groups excluding carboxylic acids is 4. The van der Waals surface area contributed by atoms with Gasteiger partial charge in [0, 0.05) is 45.0 Å². The molecule has 0 radical (unpaired) electrons. The summed E-state index contributed by atoms with van der Waals surface area (Å²) in [7, 11) is 1.29. The van der Waals surface area contributed by atoms with E-state index >= 15 is 4.39 Å². The number of esters is 1. The van der Waals surface area contributed by atoms with E-state index in [0.29, 0.717) is 49.6 Å². The lowest BCUT2D eigenvalue weighted by Crippen LogP contribution is -2.51. The van der Waals surface area contributed by atoms with Crippen LogP contribution in [0.15, 0.2) is 36.8 Å². The highest BCUT2D eigenvalue weighted by atomic mass is 19.1. The van der Waals surface area contributed by atoms with Crippen molar-refractivity contribution >= 4 is 40.9 Å². The molecule has 2 aliphatic rings. The molecule has 3 amide bonds. The summed E-state index contributed by atoms with van der Waals surface area (Å²) in [5, 5.41) is 10.3. The molecule has 1 N–H and O–H groups in total. The average molecular weight is 555 g/mol. The minimum absolute atomic E-state index is 0.0489. The maximum Gasteiger partial charge on any atom is 0.414 e. The van der Waals surface area contributed by atoms with Crippen molar-refractivity contribution in [2.45, 2.75) is 18.9 Å². The van der Waals surface area contributed by atoms with Crippen LogP contribution in [0.3, 0.4) is 0 Å². The fourth-order valence-electron chi connectivity index (χ4n) is 4.64. The smallest absolute Gasteiger partial charge is 0.414 e. The summed E-state index contributed by atoms with van der Waals surface area (Å²) < 4.78 is 26.5. The summed E-state index contributed by atoms with van der Waals surface area (Å²) in [4.78, 5) is 57.5. The molecule has 2 aromatic heterocycles. The van der Waals surface area contributed by atoms with E-state index < -0.39 is 29.9 Å². The van der Waals surface area contributed by atoms with Gasteiger partial charge in [0.05, 0.1) is 37.8 Å². The van der Waals surface area contributed by atoms with Gasteiger partial charge in [-0.15, -0.1) is 10.2 Å². The Labute approximate surface area is 227 Å². The number of halogens is 1. The van der Waals surface area contributed by atoms with Gasteiger partial charge in [0.15, 0.2) is 5.65 Å². The molecule has 40 heavy (non-hydrogen) atoms. The molecule has 14 nitrogen and oxygen atoms in total. The van der Waals surface area contributed by atoms with Crippen LogP contribution in [0.2, 0.25) is 0 Å². The van der Waals surface area contributed by atoms with E-state index in [9.17, 15) is 19.2 Å². The number of carbonyl (C=O) groups is 4. The predicted molar refractivity (Wildman–Crippen MR) is 137 cm³/mol. The van der Waals surface area contributed by atoms with E-state index in [1.807, 2.05) is 4.90 Å². The monoisotopic (exact) mass is 554 g/mol. The van der Waals surface area contributed by atoms with Crippen LogP contribution >= 0.6 is 0 Å². The van der Waals surface area contributed by atoms with Crippen molar-refractivity contribution in [3.05, 3.63) is 48.4 Å². The van der Waals surface area contributed by atoms with Crippen LogP contribution < -0.4 is 15.1 Å². The van der Waals surface area contributed by atoms with Gasteiger partial charge in [-0.1, -0.05) is 0 Å². The van der Waals surface area contributed by atoms with Gasteiger partial charge in [-0.25, -0.2) is 9.18 Å². The summed E-state index contributed by atoms with van der Waals surface area (Å²) in [5.74, 6) is -1.66. The molecule has 1 aromatic carbocycles. The van der Waals surface area contributed by atoms with E-state index in [4.69, 9.17) is 4.74 Å². The van der Waals surface area contributed by atoms with Gasteiger partial charge in [0.2, 0.25) is 11.7 Å².